The largest absolute Gasteiger partial charge is 0.384 e. The fourth-order valence-electron chi connectivity index (χ4n) is 2.56. The van der Waals surface area contributed by atoms with E-state index >= 15 is 0 Å². The first-order valence-corrected chi connectivity index (χ1v) is 6.14. The molecule has 0 saturated heterocycles. The molecule has 17 heavy (non-hydrogen) atoms. The molecular weight excluding hydrogens is 210 g/mol. The van der Waals surface area contributed by atoms with Crippen molar-refractivity contribution in [1.29, 1.82) is 0 Å². The highest BCUT2D eigenvalue weighted by Crippen LogP contribution is 2.35. The fraction of sp³-hybridized carbons (Fsp3) is 0.357. The Labute approximate surface area is 101 Å². The Kier molecular flexibility index (Phi) is 2.39. The second-order valence-corrected chi connectivity index (χ2v) is 4.83. The standard InChI is InChI=1S/C14H17N3/c1-10-7-8-12-13(10)16-17(14(12)15)9-11-5-3-2-4-6-11/h2-6,10H,7-9,15H2,1H3. The normalized spacial score (nSPS) is 18.3. The van der Waals surface area contributed by atoms with Gasteiger partial charge in [-0.25, -0.2) is 4.68 Å². The minimum atomic E-state index is 0.560. The van der Waals surface area contributed by atoms with Gasteiger partial charge in [-0.3, -0.25) is 0 Å². The van der Waals surface area contributed by atoms with E-state index in [1.54, 1.807) is 0 Å². The summed E-state index contributed by atoms with van der Waals surface area (Å²) in [5.74, 6) is 1.41. The summed E-state index contributed by atoms with van der Waals surface area (Å²) in [7, 11) is 0. The Bertz CT molecular complexity index is 528. The van der Waals surface area contributed by atoms with Gasteiger partial charge in [0, 0.05) is 11.5 Å². The Hall–Kier alpha value is -1.77. The molecule has 3 heteroatoms. The van der Waals surface area contributed by atoms with Crippen LogP contribution in [-0.4, -0.2) is 9.78 Å². The zero-order valence-electron chi connectivity index (χ0n) is 10.1. The highest BCUT2D eigenvalue weighted by atomic mass is 15.3. The molecule has 0 aliphatic heterocycles. The zero-order chi connectivity index (χ0) is 11.8. The maximum absolute atomic E-state index is 6.17. The first kappa shape index (κ1) is 10.4. The number of nitrogen functional groups attached to an aromatic ring is 1. The topological polar surface area (TPSA) is 43.8 Å². The summed E-state index contributed by atoms with van der Waals surface area (Å²) in [6.07, 6.45) is 2.27. The number of hydrogen-bond acceptors (Lipinski definition) is 2. The molecular formula is C14H17N3. The maximum atomic E-state index is 6.17. The summed E-state index contributed by atoms with van der Waals surface area (Å²) in [5.41, 5.74) is 9.89. The first-order chi connectivity index (χ1) is 8.25. The number of nitrogens with zero attached hydrogens (tertiary/aromatic N) is 2. The average molecular weight is 227 g/mol. The molecule has 0 spiro atoms. The first-order valence-electron chi connectivity index (χ1n) is 6.14. The van der Waals surface area contributed by atoms with E-state index in [1.165, 1.54) is 23.2 Å². The lowest BCUT2D eigenvalue weighted by Crippen LogP contribution is -2.07. The SMILES string of the molecule is CC1CCc2c1nn(Cc1ccccc1)c2N. The number of nitrogens with two attached hydrogens (primary N) is 1. The van der Waals surface area contributed by atoms with Crippen molar-refractivity contribution in [2.75, 3.05) is 5.73 Å². The Morgan fingerprint density at radius 2 is 2.12 bits per heavy atom. The van der Waals surface area contributed by atoms with Crippen LogP contribution in [0.3, 0.4) is 0 Å². The van der Waals surface area contributed by atoms with Crippen LogP contribution in [-0.2, 0) is 13.0 Å². The third kappa shape index (κ3) is 1.71. The van der Waals surface area contributed by atoms with Crippen LogP contribution in [0.25, 0.3) is 0 Å². The van der Waals surface area contributed by atoms with Crippen LogP contribution >= 0.6 is 0 Å². The summed E-state index contributed by atoms with van der Waals surface area (Å²) in [4.78, 5) is 0. The van der Waals surface area contributed by atoms with Crippen molar-refractivity contribution >= 4 is 5.82 Å². The van der Waals surface area contributed by atoms with Crippen molar-refractivity contribution in [1.82, 2.24) is 9.78 Å². The number of aromatic nitrogens is 2. The lowest BCUT2D eigenvalue weighted by molar-refractivity contribution is 0.638. The zero-order valence-corrected chi connectivity index (χ0v) is 10.1. The van der Waals surface area contributed by atoms with Gasteiger partial charge < -0.3 is 5.73 Å². The van der Waals surface area contributed by atoms with E-state index in [1.807, 2.05) is 22.9 Å². The van der Waals surface area contributed by atoms with Crippen molar-refractivity contribution in [2.45, 2.75) is 32.2 Å². The molecule has 1 aliphatic rings. The van der Waals surface area contributed by atoms with Gasteiger partial charge in [-0.15, -0.1) is 0 Å². The molecule has 0 bridgehead atoms. The van der Waals surface area contributed by atoms with E-state index in [2.05, 4.69) is 24.2 Å². The molecule has 1 heterocycles. The maximum Gasteiger partial charge on any atom is 0.125 e. The Morgan fingerprint density at radius 3 is 2.82 bits per heavy atom. The lowest BCUT2D eigenvalue weighted by Gasteiger charge is -2.06. The number of anilines is 1. The van der Waals surface area contributed by atoms with Gasteiger partial charge in [0.25, 0.3) is 0 Å². The number of hydrogen-bond donors (Lipinski definition) is 1. The van der Waals surface area contributed by atoms with E-state index < -0.39 is 0 Å². The average Bonchev–Trinajstić information content (AvgIpc) is 2.84. The second-order valence-electron chi connectivity index (χ2n) is 4.83. The highest BCUT2D eigenvalue weighted by molar-refractivity contribution is 5.47. The number of fused-ring (bicyclic) bond motifs is 1. The lowest BCUT2D eigenvalue weighted by atomic mass is 10.1. The van der Waals surface area contributed by atoms with Crippen molar-refractivity contribution in [3.63, 3.8) is 0 Å². The predicted octanol–water partition coefficient (Wildman–Crippen LogP) is 2.56. The van der Waals surface area contributed by atoms with Crippen LogP contribution < -0.4 is 5.73 Å². The van der Waals surface area contributed by atoms with Crippen LogP contribution in [0.4, 0.5) is 5.82 Å². The molecule has 2 N–H and O–H groups in total. The van der Waals surface area contributed by atoms with E-state index in [-0.39, 0.29) is 0 Å². The number of benzene rings is 1. The number of rotatable bonds is 2. The van der Waals surface area contributed by atoms with Gasteiger partial charge in [-0.05, 0) is 18.4 Å². The molecule has 0 amide bonds. The summed E-state index contributed by atoms with van der Waals surface area (Å²) < 4.78 is 1.94. The van der Waals surface area contributed by atoms with Crippen molar-refractivity contribution in [2.24, 2.45) is 0 Å². The third-order valence-electron chi connectivity index (χ3n) is 3.59. The van der Waals surface area contributed by atoms with Crippen LogP contribution in [0.5, 0.6) is 0 Å². The van der Waals surface area contributed by atoms with E-state index in [0.29, 0.717) is 5.92 Å². The molecule has 1 atom stereocenters. The van der Waals surface area contributed by atoms with Crippen LogP contribution in [0.1, 0.15) is 36.1 Å². The van der Waals surface area contributed by atoms with Crippen molar-refractivity contribution in [3.8, 4) is 0 Å². The van der Waals surface area contributed by atoms with Gasteiger partial charge in [0.2, 0.25) is 0 Å². The van der Waals surface area contributed by atoms with Gasteiger partial charge in [-0.2, -0.15) is 5.10 Å². The van der Waals surface area contributed by atoms with Gasteiger partial charge in [-0.1, -0.05) is 37.3 Å². The third-order valence-corrected chi connectivity index (χ3v) is 3.59. The molecule has 1 aromatic carbocycles. The van der Waals surface area contributed by atoms with Crippen LogP contribution in [0.2, 0.25) is 0 Å². The summed E-state index contributed by atoms with van der Waals surface area (Å²) >= 11 is 0. The molecule has 0 fully saturated rings. The molecule has 3 rings (SSSR count). The monoisotopic (exact) mass is 227 g/mol. The molecule has 0 radical (unpaired) electrons. The van der Waals surface area contributed by atoms with E-state index in [0.717, 1.165) is 18.8 Å². The predicted molar refractivity (Wildman–Crippen MR) is 68.9 cm³/mol. The highest BCUT2D eigenvalue weighted by Gasteiger charge is 2.26. The molecule has 1 unspecified atom stereocenters. The van der Waals surface area contributed by atoms with Crippen molar-refractivity contribution < 1.29 is 0 Å². The molecule has 1 aromatic heterocycles. The van der Waals surface area contributed by atoms with Gasteiger partial charge in [0.05, 0.1) is 12.2 Å². The molecule has 88 valence electrons. The Morgan fingerprint density at radius 1 is 1.35 bits per heavy atom. The van der Waals surface area contributed by atoms with E-state index in [4.69, 9.17) is 5.73 Å². The van der Waals surface area contributed by atoms with E-state index in [9.17, 15) is 0 Å². The van der Waals surface area contributed by atoms with Crippen molar-refractivity contribution in [3.05, 3.63) is 47.2 Å². The fourth-order valence-corrected chi connectivity index (χ4v) is 2.56. The molecule has 1 aliphatic carbocycles. The van der Waals surface area contributed by atoms with Gasteiger partial charge in [0.1, 0.15) is 5.82 Å². The minimum absolute atomic E-state index is 0.560. The molecule has 2 aromatic rings. The quantitative estimate of drug-likeness (QED) is 0.857. The summed E-state index contributed by atoms with van der Waals surface area (Å²) in [5, 5.41) is 4.66. The summed E-state index contributed by atoms with van der Waals surface area (Å²) in [6.45, 7) is 3.00. The molecule has 0 saturated carbocycles. The van der Waals surface area contributed by atoms with Crippen LogP contribution in [0.15, 0.2) is 30.3 Å². The second kappa shape index (κ2) is 3.91. The summed E-state index contributed by atoms with van der Waals surface area (Å²) in [6, 6.07) is 10.3. The van der Waals surface area contributed by atoms with Crippen LogP contribution in [0, 0.1) is 0 Å². The van der Waals surface area contributed by atoms with Gasteiger partial charge >= 0.3 is 0 Å². The molecule has 3 nitrogen and oxygen atoms in total. The minimum Gasteiger partial charge on any atom is -0.384 e. The Balaban J connectivity index is 1.93. The van der Waals surface area contributed by atoms with Gasteiger partial charge in [0.15, 0.2) is 0 Å². The smallest absolute Gasteiger partial charge is 0.125 e.